The van der Waals surface area contributed by atoms with Crippen molar-refractivity contribution >= 4 is 16.8 Å². The minimum atomic E-state index is 0.0872. The van der Waals surface area contributed by atoms with E-state index in [1.807, 2.05) is 29.1 Å². The largest absolute Gasteiger partial charge is 0.497 e. The van der Waals surface area contributed by atoms with Crippen molar-refractivity contribution < 1.29 is 9.53 Å². The average Bonchev–Trinajstić information content (AvgIpc) is 3.03. The number of hydrogen-bond acceptors (Lipinski definition) is 4. The third-order valence-corrected chi connectivity index (χ3v) is 4.60. The summed E-state index contributed by atoms with van der Waals surface area (Å²) in [5.41, 5.74) is 1.02. The first-order chi connectivity index (χ1) is 11.8. The first kappa shape index (κ1) is 16.8. The Morgan fingerprint density at radius 2 is 2.08 bits per heavy atom. The molecule has 0 unspecified atom stereocenters. The molecule has 3 rings (SSSR count). The van der Waals surface area contributed by atoms with Crippen molar-refractivity contribution in [1.29, 1.82) is 0 Å². The number of carbonyl (C=O) groups is 1. The number of hydrogen-bond donors (Lipinski definition) is 1. The highest BCUT2D eigenvalue weighted by Crippen LogP contribution is 2.20. The lowest BCUT2D eigenvalue weighted by atomic mass is 10.1. The lowest BCUT2D eigenvalue weighted by molar-refractivity contribution is -0.121. The third kappa shape index (κ3) is 4.26. The second kappa shape index (κ2) is 8.15. The Morgan fingerprint density at radius 3 is 2.88 bits per heavy atom. The van der Waals surface area contributed by atoms with Crippen molar-refractivity contribution in [1.82, 2.24) is 20.0 Å². The molecule has 1 aromatic heterocycles. The van der Waals surface area contributed by atoms with E-state index in [-0.39, 0.29) is 5.91 Å². The number of aryl methyl sites for hydroxylation is 1. The standard InChI is InChI=1S/C18H26N4O2/c1-24-16-5-6-17-15(13-16)14-20-22(17)11-7-18(23)19-8-12-21-9-3-2-4-10-21/h5-6,13-14H,2-4,7-12H2,1H3,(H,19,23). The smallest absolute Gasteiger partial charge is 0.221 e. The van der Waals surface area contributed by atoms with Gasteiger partial charge in [-0.3, -0.25) is 9.48 Å². The number of fused-ring (bicyclic) bond motifs is 1. The van der Waals surface area contributed by atoms with Gasteiger partial charge in [0.2, 0.25) is 5.91 Å². The van der Waals surface area contributed by atoms with E-state index in [1.165, 1.54) is 32.4 Å². The van der Waals surface area contributed by atoms with Crippen LogP contribution >= 0.6 is 0 Å². The summed E-state index contributed by atoms with van der Waals surface area (Å²) in [6.45, 7) is 4.61. The summed E-state index contributed by atoms with van der Waals surface area (Å²) in [6, 6.07) is 5.85. The van der Waals surface area contributed by atoms with Crippen molar-refractivity contribution in [3.8, 4) is 5.75 Å². The maximum Gasteiger partial charge on any atom is 0.221 e. The van der Waals surface area contributed by atoms with Gasteiger partial charge in [-0.1, -0.05) is 6.42 Å². The van der Waals surface area contributed by atoms with Crippen LogP contribution in [0, 0.1) is 0 Å². The number of aromatic nitrogens is 2. The summed E-state index contributed by atoms with van der Waals surface area (Å²) in [5.74, 6) is 0.904. The monoisotopic (exact) mass is 330 g/mol. The van der Waals surface area contributed by atoms with E-state index in [1.54, 1.807) is 7.11 Å². The molecule has 2 aromatic rings. The van der Waals surface area contributed by atoms with E-state index in [0.29, 0.717) is 13.0 Å². The zero-order valence-corrected chi connectivity index (χ0v) is 14.3. The lowest BCUT2D eigenvalue weighted by Gasteiger charge is -2.26. The van der Waals surface area contributed by atoms with Crippen LogP contribution < -0.4 is 10.1 Å². The molecule has 1 saturated heterocycles. The molecule has 1 fully saturated rings. The second-order valence-corrected chi connectivity index (χ2v) is 6.29. The molecule has 0 radical (unpaired) electrons. The Labute approximate surface area is 142 Å². The normalized spacial score (nSPS) is 15.5. The van der Waals surface area contributed by atoms with Gasteiger partial charge in [0.1, 0.15) is 5.75 Å². The maximum absolute atomic E-state index is 12.0. The quantitative estimate of drug-likeness (QED) is 0.844. The fourth-order valence-corrected chi connectivity index (χ4v) is 3.20. The molecule has 2 heterocycles. The second-order valence-electron chi connectivity index (χ2n) is 6.29. The van der Waals surface area contributed by atoms with Gasteiger partial charge >= 0.3 is 0 Å². The van der Waals surface area contributed by atoms with E-state index < -0.39 is 0 Å². The summed E-state index contributed by atoms with van der Waals surface area (Å²) >= 11 is 0. The van der Waals surface area contributed by atoms with Gasteiger partial charge in [0.15, 0.2) is 0 Å². The van der Waals surface area contributed by atoms with E-state index >= 15 is 0 Å². The Balaban J connectivity index is 1.44. The number of amides is 1. The molecule has 1 N–H and O–H groups in total. The van der Waals surface area contributed by atoms with Crippen LogP contribution in [0.4, 0.5) is 0 Å². The molecule has 1 aliphatic rings. The van der Waals surface area contributed by atoms with Crippen LogP contribution in [0.15, 0.2) is 24.4 Å². The van der Waals surface area contributed by atoms with Crippen LogP contribution in [-0.2, 0) is 11.3 Å². The molecule has 6 nitrogen and oxygen atoms in total. The number of likely N-dealkylation sites (tertiary alicyclic amines) is 1. The molecule has 1 amide bonds. The fraction of sp³-hybridized carbons (Fsp3) is 0.556. The van der Waals surface area contributed by atoms with Crippen LogP contribution in [-0.4, -0.2) is 53.9 Å². The summed E-state index contributed by atoms with van der Waals surface area (Å²) < 4.78 is 7.09. The number of nitrogens with one attached hydrogen (secondary N) is 1. The van der Waals surface area contributed by atoms with Crippen molar-refractivity contribution in [2.75, 3.05) is 33.3 Å². The van der Waals surface area contributed by atoms with Crippen LogP contribution in [0.2, 0.25) is 0 Å². The number of rotatable bonds is 7. The molecule has 24 heavy (non-hydrogen) atoms. The number of nitrogens with zero attached hydrogens (tertiary/aromatic N) is 3. The zero-order valence-electron chi connectivity index (χ0n) is 14.3. The van der Waals surface area contributed by atoms with Gasteiger partial charge in [0.05, 0.1) is 25.4 Å². The van der Waals surface area contributed by atoms with E-state index in [4.69, 9.17) is 4.74 Å². The molecule has 0 saturated carbocycles. The minimum Gasteiger partial charge on any atom is -0.497 e. The average molecular weight is 330 g/mol. The van der Waals surface area contributed by atoms with Crippen LogP contribution in [0.1, 0.15) is 25.7 Å². The molecule has 6 heteroatoms. The highest BCUT2D eigenvalue weighted by molar-refractivity contribution is 5.80. The highest BCUT2D eigenvalue weighted by atomic mass is 16.5. The first-order valence-corrected chi connectivity index (χ1v) is 8.75. The van der Waals surface area contributed by atoms with Crippen LogP contribution in [0.25, 0.3) is 10.9 Å². The Bertz CT molecular complexity index is 677. The van der Waals surface area contributed by atoms with E-state index in [9.17, 15) is 4.79 Å². The molecular weight excluding hydrogens is 304 g/mol. The van der Waals surface area contributed by atoms with Gasteiger partial charge in [-0.25, -0.2) is 0 Å². The Kier molecular flexibility index (Phi) is 5.69. The molecule has 0 atom stereocenters. The first-order valence-electron chi connectivity index (χ1n) is 8.75. The van der Waals surface area contributed by atoms with Crippen molar-refractivity contribution in [3.63, 3.8) is 0 Å². The maximum atomic E-state index is 12.0. The molecule has 0 bridgehead atoms. The zero-order chi connectivity index (χ0) is 16.8. The Hall–Kier alpha value is -2.08. The SMILES string of the molecule is COc1ccc2c(cnn2CCC(=O)NCCN2CCCCC2)c1. The number of ether oxygens (including phenoxy) is 1. The summed E-state index contributed by atoms with van der Waals surface area (Å²) in [6.07, 6.45) is 6.16. The number of piperidine rings is 1. The molecule has 1 aliphatic heterocycles. The molecule has 1 aromatic carbocycles. The van der Waals surface area contributed by atoms with Crippen LogP contribution in [0.5, 0.6) is 5.75 Å². The minimum absolute atomic E-state index is 0.0872. The predicted molar refractivity (Wildman–Crippen MR) is 94.2 cm³/mol. The van der Waals surface area contributed by atoms with E-state index in [2.05, 4.69) is 15.3 Å². The fourth-order valence-electron chi connectivity index (χ4n) is 3.20. The van der Waals surface area contributed by atoms with Gasteiger partial charge in [0, 0.05) is 24.9 Å². The number of carbonyl (C=O) groups excluding carboxylic acids is 1. The van der Waals surface area contributed by atoms with E-state index in [0.717, 1.165) is 29.7 Å². The van der Waals surface area contributed by atoms with Gasteiger partial charge in [0.25, 0.3) is 0 Å². The molecule has 130 valence electrons. The van der Waals surface area contributed by atoms with Crippen molar-refractivity contribution in [2.45, 2.75) is 32.2 Å². The van der Waals surface area contributed by atoms with Gasteiger partial charge in [-0.2, -0.15) is 5.10 Å². The van der Waals surface area contributed by atoms with Crippen molar-refractivity contribution in [2.24, 2.45) is 0 Å². The van der Waals surface area contributed by atoms with Crippen molar-refractivity contribution in [3.05, 3.63) is 24.4 Å². The van der Waals surface area contributed by atoms with Crippen LogP contribution in [0.3, 0.4) is 0 Å². The Morgan fingerprint density at radius 1 is 1.25 bits per heavy atom. The lowest BCUT2D eigenvalue weighted by Crippen LogP contribution is -2.37. The van der Waals surface area contributed by atoms with Gasteiger partial charge < -0.3 is 15.0 Å². The highest BCUT2D eigenvalue weighted by Gasteiger charge is 2.10. The third-order valence-electron chi connectivity index (χ3n) is 4.60. The number of benzene rings is 1. The number of methoxy groups -OCH3 is 1. The summed E-state index contributed by atoms with van der Waals surface area (Å²) in [7, 11) is 1.65. The summed E-state index contributed by atoms with van der Waals surface area (Å²) in [4.78, 5) is 14.5. The summed E-state index contributed by atoms with van der Waals surface area (Å²) in [5, 5.41) is 8.41. The topological polar surface area (TPSA) is 59.4 Å². The van der Waals surface area contributed by atoms with Gasteiger partial charge in [-0.15, -0.1) is 0 Å². The molecule has 0 aliphatic carbocycles. The van der Waals surface area contributed by atoms with Gasteiger partial charge in [-0.05, 0) is 44.1 Å². The predicted octanol–water partition coefficient (Wildman–Crippen LogP) is 2.04. The molecular formula is C18H26N4O2. The molecule has 0 spiro atoms.